The molecule has 26 heavy (non-hydrogen) atoms. The Kier molecular flexibility index (Phi) is 4.98. The van der Waals surface area contributed by atoms with E-state index in [1.165, 1.54) is 32.1 Å². The lowest BCUT2D eigenvalue weighted by Gasteiger charge is -2.23. The minimum Gasteiger partial charge on any atom is -0.369 e. The van der Waals surface area contributed by atoms with E-state index in [0.29, 0.717) is 29.9 Å². The summed E-state index contributed by atoms with van der Waals surface area (Å²) in [7, 11) is 0. The Bertz CT molecular complexity index is 663. The van der Waals surface area contributed by atoms with Gasteiger partial charge in [-0.05, 0) is 37.5 Å². The normalized spacial score (nSPS) is 27.5. The Balaban J connectivity index is 1.44. The lowest BCUT2D eigenvalue weighted by Crippen LogP contribution is -2.42. The van der Waals surface area contributed by atoms with Gasteiger partial charge in [-0.25, -0.2) is 0 Å². The van der Waals surface area contributed by atoms with Crippen LogP contribution in [-0.4, -0.2) is 52.6 Å². The summed E-state index contributed by atoms with van der Waals surface area (Å²) in [6.07, 6.45) is 10.1. The Labute approximate surface area is 154 Å². The summed E-state index contributed by atoms with van der Waals surface area (Å²) < 4.78 is 0. The summed E-state index contributed by atoms with van der Waals surface area (Å²) in [4.78, 5) is 26.3. The molecule has 7 nitrogen and oxygen atoms in total. The zero-order chi connectivity index (χ0) is 18.1. The second-order valence-electron chi connectivity index (χ2n) is 8.27. The molecular formula is C19H29N5O2. The van der Waals surface area contributed by atoms with Gasteiger partial charge in [-0.2, -0.15) is 5.10 Å². The van der Waals surface area contributed by atoms with Gasteiger partial charge in [-0.3, -0.25) is 19.6 Å². The van der Waals surface area contributed by atoms with Crippen LogP contribution >= 0.6 is 0 Å². The van der Waals surface area contributed by atoms with Crippen LogP contribution in [0.1, 0.15) is 66.9 Å². The van der Waals surface area contributed by atoms with Crippen molar-refractivity contribution in [3.63, 3.8) is 0 Å². The maximum absolute atomic E-state index is 13.0. The van der Waals surface area contributed by atoms with E-state index in [4.69, 9.17) is 5.73 Å². The van der Waals surface area contributed by atoms with Crippen LogP contribution in [-0.2, 0) is 4.79 Å². The first-order chi connectivity index (χ1) is 12.6. The van der Waals surface area contributed by atoms with Gasteiger partial charge in [-0.1, -0.05) is 19.3 Å². The molecule has 2 heterocycles. The van der Waals surface area contributed by atoms with Gasteiger partial charge in [0.05, 0.1) is 24.0 Å². The van der Waals surface area contributed by atoms with Crippen molar-refractivity contribution in [2.24, 2.45) is 17.6 Å². The lowest BCUT2D eigenvalue weighted by molar-refractivity contribution is -0.118. The van der Waals surface area contributed by atoms with E-state index in [1.807, 2.05) is 0 Å². The number of nitrogens with two attached hydrogens (primary N) is 1. The van der Waals surface area contributed by atoms with E-state index < -0.39 is 0 Å². The third-order valence-electron chi connectivity index (χ3n) is 6.29. The van der Waals surface area contributed by atoms with Crippen molar-refractivity contribution in [1.29, 1.82) is 0 Å². The monoisotopic (exact) mass is 359 g/mol. The van der Waals surface area contributed by atoms with Crippen molar-refractivity contribution in [1.82, 2.24) is 20.4 Å². The first-order valence-electron chi connectivity index (χ1n) is 9.96. The van der Waals surface area contributed by atoms with E-state index in [1.54, 1.807) is 6.20 Å². The predicted octanol–water partition coefficient (Wildman–Crippen LogP) is 1.38. The summed E-state index contributed by atoms with van der Waals surface area (Å²) >= 11 is 0. The Morgan fingerprint density at radius 1 is 1.19 bits per heavy atom. The number of carbonyl (C=O) groups excluding carboxylic acids is 2. The number of amides is 2. The third-order valence-corrected chi connectivity index (χ3v) is 6.29. The number of primary amides is 1. The zero-order valence-corrected chi connectivity index (χ0v) is 15.2. The molecule has 4 rings (SSSR count). The molecule has 3 aliphatic rings. The molecule has 0 aromatic carbocycles. The fourth-order valence-electron chi connectivity index (χ4n) is 4.84. The average molecular weight is 359 g/mol. The van der Waals surface area contributed by atoms with Crippen molar-refractivity contribution in [3.8, 4) is 0 Å². The summed E-state index contributed by atoms with van der Waals surface area (Å²) in [5.74, 6) is 1.17. The topological polar surface area (TPSA) is 104 Å². The van der Waals surface area contributed by atoms with Crippen LogP contribution < -0.4 is 11.1 Å². The number of nitrogens with one attached hydrogen (secondary N) is 2. The van der Waals surface area contributed by atoms with Crippen LogP contribution in [0.3, 0.4) is 0 Å². The maximum Gasteiger partial charge on any atom is 0.255 e. The van der Waals surface area contributed by atoms with Crippen molar-refractivity contribution in [2.45, 2.75) is 56.9 Å². The molecule has 0 unspecified atom stereocenters. The van der Waals surface area contributed by atoms with Crippen molar-refractivity contribution in [3.05, 3.63) is 17.5 Å². The number of aromatic amines is 1. The first kappa shape index (κ1) is 17.5. The van der Waals surface area contributed by atoms with Gasteiger partial charge in [0.2, 0.25) is 5.91 Å². The first-order valence-corrected chi connectivity index (χ1v) is 9.96. The van der Waals surface area contributed by atoms with E-state index in [-0.39, 0.29) is 24.4 Å². The van der Waals surface area contributed by atoms with E-state index >= 15 is 0 Å². The maximum atomic E-state index is 13.0. The number of carbonyl (C=O) groups is 2. The van der Waals surface area contributed by atoms with Crippen molar-refractivity contribution < 1.29 is 9.59 Å². The van der Waals surface area contributed by atoms with Gasteiger partial charge in [-0.15, -0.1) is 0 Å². The SMILES string of the molecule is NC(=O)CN1C[C@@H](NC(=O)c2cn[nH]c2C2CCCCC2)[C@H](C2CC2)C1. The van der Waals surface area contributed by atoms with Crippen LogP contribution in [0.5, 0.6) is 0 Å². The van der Waals surface area contributed by atoms with Gasteiger partial charge in [0.15, 0.2) is 0 Å². The number of H-pyrrole nitrogens is 1. The highest BCUT2D eigenvalue weighted by Gasteiger charge is 2.43. The molecule has 142 valence electrons. The molecule has 1 aromatic heterocycles. The summed E-state index contributed by atoms with van der Waals surface area (Å²) in [5.41, 5.74) is 7.05. The zero-order valence-electron chi connectivity index (χ0n) is 15.2. The average Bonchev–Trinajstić information content (AvgIpc) is 3.21. The lowest BCUT2D eigenvalue weighted by atomic mass is 9.85. The molecular weight excluding hydrogens is 330 g/mol. The summed E-state index contributed by atoms with van der Waals surface area (Å²) in [5, 5.41) is 10.5. The van der Waals surface area contributed by atoms with Gasteiger partial charge >= 0.3 is 0 Å². The predicted molar refractivity (Wildman–Crippen MR) is 97.5 cm³/mol. The van der Waals surface area contributed by atoms with Crippen molar-refractivity contribution in [2.75, 3.05) is 19.6 Å². The van der Waals surface area contributed by atoms with Gasteiger partial charge in [0.25, 0.3) is 5.91 Å². The largest absolute Gasteiger partial charge is 0.369 e. The van der Waals surface area contributed by atoms with E-state index in [0.717, 1.165) is 25.1 Å². The van der Waals surface area contributed by atoms with E-state index in [2.05, 4.69) is 20.4 Å². The quantitative estimate of drug-likeness (QED) is 0.714. The molecule has 0 spiro atoms. The number of rotatable bonds is 6. The van der Waals surface area contributed by atoms with Gasteiger partial charge in [0, 0.05) is 25.0 Å². The molecule has 1 aromatic rings. The fraction of sp³-hybridized carbons (Fsp3) is 0.737. The molecule has 2 aliphatic carbocycles. The number of likely N-dealkylation sites (tertiary alicyclic amines) is 1. The Morgan fingerprint density at radius 2 is 1.96 bits per heavy atom. The Morgan fingerprint density at radius 3 is 2.65 bits per heavy atom. The number of aromatic nitrogens is 2. The van der Waals surface area contributed by atoms with Crippen LogP contribution in [0.2, 0.25) is 0 Å². The third kappa shape index (κ3) is 3.77. The van der Waals surface area contributed by atoms with Crippen LogP contribution in [0.25, 0.3) is 0 Å². The molecule has 2 atom stereocenters. The molecule has 0 bridgehead atoms. The van der Waals surface area contributed by atoms with Crippen molar-refractivity contribution >= 4 is 11.8 Å². The second-order valence-corrected chi connectivity index (χ2v) is 8.27. The van der Waals surface area contributed by atoms with Crippen LogP contribution in [0.4, 0.5) is 0 Å². The minimum absolute atomic E-state index is 0.0316. The molecule has 2 saturated carbocycles. The molecule has 1 aliphatic heterocycles. The highest BCUT2D eigenvalue weighted by molar-refractivity contribution is 5.95. The molecule has 0 radical (unpaired) electrons. The minimum atomic E-state index is -0.305. The summed E-state index contributed by atoms with van der Waals surface area (Å²) in [6, 6.07) is 0.0865. The molecule has 7 heteroatoms. The Hall–Kier alpha value is -1.89. The molecule has 3 fully saturated rings. The molecule has 2 amide bonds. The van der Waals surface area contributed by atoms with Gasteiger partial charge < -0.3 is 11.1 Å². The fourth-order valence-corrected chi connectivity index (χ4v) is 4.84. The highest BCUT2D eigenvalue weighted by atomic mass is 16.2. The molecule has 4 N–H and O–H groups in total. The second kappa shape index (κ2) is 7.39. The summed E-state index contributed by atoms with van der Waals surface area (Å²) in [6.45, 7) is 1.82. The standard InChI is InChI=1S/C19H29N5O2/c20-17(25)11-24-9-15(12-6-7-12)16(10-24)22-19(26)14-8-21-23-18(14)13-4-2-1-3-5-13/h8,12-13,15-16H,1-7,9-11H2,(H2,20,25)(H,21,23)(H,22,26)/t15-,16+/m0/s1. The number of hydrogen-bond acceptors (Lipinski definition) is 4. The van der Waals surface area contributed by atoms with Gasteiger partial charge in [0.1, 0.15) is 0 Å². The smallest absolute Gasteiger partial charge is 0.255 e. The highest BCUT2D eigenvalue weighted by Crippen LogP contribution is 2.41. The van der Waals surface area contributed by atoms with Crippen LogP contribution in [0.15, 0.2) is 6.20 Å². The van der Waals surface area contributed by atoms with E-state index in [9.17, 15) is 9.59 Å². The van der Waals surface area contributed by atoms with Crippen LogP contribution in [0, 0.1) is 11.8 Å². The number of nitrogens with zero attached hydrogens (tertiary/aromatic N) is 2. The number of hydrogen-bond donors (Lipinski definition) is 3. The molecule has 1 saturated heterocycles.